The summed E-state index contributed by atoms with van der Waals surface area (Å²) in [6.07, 6.45) is 0. The molecule has 0 amide bonds. The number of hydrogen-bond donors (Lipinski definition) is 0. The Bertz CT molecular complexity index is 860. The average molecular weight is 434 g/mol. The zero-order valence-electron chi connectivity index (χ0n) is 19.1. The summed E-state index contributed by atoms with van der Waals surface area (Å²) in [6, 6.07) is 30.4. The highest BCUT2D eigenvalue weighted by molar-refractivity contribution is 7.97. The maximum atomic E-state index is 2.56. The number of piperazine rings is 1. The highest BCUT2D eigenvalue weighted by Gasteiger charge is 2.17. The average Bonchev–Trinajstić information content (AvgIpc) is 2.83. The van der Waals surface area contributed by atoms with Gasteiger partial charge in [0.2, 0.25) is 0 Å². The molecule has 31 heavy (non-hydrogen) atoms. The Balaban J connectivity index is 0.00000132. The highest BCUT2D eigenvalue weighted by atomic mass is 32.2. The van der Waals surface area contributed by atoms with Gasteiger partial charge in [-0.3, -0.25) is 4.90 Å². The van der Waals surface area contributed by atoms with Gasteiger partial charge in [0.1, 0.15) is 0 Å². The molecule has 3 aromatic carbocycles. The summed E-state index contributed by atoms with van der Waals surface area (Å²) in [6.45, 7) is 10.4. The number of nitrogens with zero attached hydrogens (tertiary/aromatic N) is 3. The van der Waals surface area contributed by atoms with E-state index in [1.807, 2.05) is 13.8 Å². The van der Waals surface area contributed by atoms with E-state index in [2.05, 4.69) is 106 Å². The first-order valence-corrected chi connectivity index (χ1v) is 12.1. The summed E-state index contributed by atoms with van der Waals surface area (Å²) >= 11 is 1.80. The summed E-state index contributed by atoms with van der Waals surface area (Å²) in [5, 5.41) is 0. The van der Waals surface area contributed by atoms with Gasteiger partial charge in [-0.05, 0) is 54.4 Å². The van der Waals surface area contributed by atoms with E-state index in [4.69, 9.17) is 0 Å². The second kappa shape index (κ2) is 12.6. The Hall–Kier alpha value is -2.27. The van der Waals surface area contributed by atoms with Crippen molar-refractivity contribution in [2.24, 2.45) is 0 Å². The molecule has 0 aliphatic carbocycles. The fraction of sp³-hybridized carbons (Fsp3) is 0.333. The molecule has 0 radical (unpaired) electrons. The van der Waals surface area contributed by atoms with E-state index in [1.165, 1.54) is 21.7 Å². The lowest BCUT2D eigenvalue weighted by Gasteiger charge is -2.36. The standard InChI is InChI=1S/C25H29N3S.C2H6/c1-26(20-22-8-4-2-5-9-22)29-25-14-12-23(13-15-25)21-27-16-18-28(19-17-27)24-10-6-3-7-11-24;1-2/h2-15H,16-21H2,1H3;1-2H3. The van der Waals surface area contributed by atoms with Gasteiger partial charge in [0.05, 0.1) is 0 Å². The van der Waals surface area contributed by atoms with E-state index in [9.17, 15) is 0 Å². The number of anilines is 1. The molecule has 4 heteroatoms. The first-order chi connectivity index (χ1) is 15.3. The smallest absolute Gasteiger partial charge is 0.0367 e. The van der Waals surface area contributed by atoms with Crippen molar-refractivity contribution in [1.29, 1.82) is 0 Å². The maximum absolute atomic E-state index is 2.56. The number of rotatable bonds is 7. The van der Waals surface area contributed by atoms with Crippen LogP contribution < -0.4 is 4.90 Å². The first-order valence-electron chi connectivity index (χ1n) is 11.3. The van der Waals surface area contributed by atoms with Crippen molar-refractivity contribution >= 4 is 17.6 Å². The monoisotopic (exact) mass is 433 g/mol. The van der Waals surface area contributed by atoms with Crippen molar-refractivity contribution in [3.8, 4) is 0 Å². The van der Waals surface area contributed by atoms with Crippen LogP contribution >= 0.6 is 11.9 Å². The molecule has 1 fully saturated rings. The Morgan fingerprint density at radius 1 is 0.710 bits per heavy atom. The normalized spacial score (nSPS) is 14.3. The van der Waals surface area contributed by atoms with Crippen LogP contribution in [0, 0.1) is 0 Å². The molecule has 4 rings (SSSR count). The Morgan fingerprint density at radius 2 is 1.29 bits per heavy atom. The number of benzene rings is 3. The zero-order chi connectivity index (χ0) is 21.9. The lowest BCUT2D eigenvalue weighted by atomic mass is 10.2. The topological polar surface area (TPSA) is 9.72 Å². The molecule has 0 unspecified atom stereocenters. The Labute approximate surface area is 192 Å². The third-order valence-corrected chi connectivity index (χ3v) is 6.26. The van der Waals surface area contributed by atoms with Crippen molar-refractivity contribution in [2.45, 2.75) is 31.8 Å². The van der Waals surface area contributed by atoms with Gasteiger partial charge in [0.15, 0.2) is 0 Å². The molecule has 0 N–H and O–H groups in total. The predicted octanol–water partition coefficient (Wildman–Crippen LogP) is 6.17. The summed E-state index contributed by atoms with van der Waals surface area (Å²) in [7, 11) is 2.15. The van der Waals surface area contributed by atoms with Crippen LogP contribution in [0.1, 0.15) is 25.0 Å². The van der Waals surface area contributed by atoms with Gasteiger partial charge in [-0.2, -0.15) is 0 Å². The lowest BCUT2D eigenvalue weighted by molar-refractivity contribution is 0.250. The molecule has 0 spiro atoms. The molecule has 0 atom stereocenters. The summed E-state index contributed by atoms with van der Waals surface area (Å²) in [4.78, 5) is 6.34. The van der Waals surface area contributed by atoms with Crippen LogP contribution in [0.2, 0.25) is 0 Å². The van der Waals surface area contributed by atoms with E-state index < -0.39 is 0 Å². The summed E-state index contributed by atoms with van der Waals surface area (Å²) in [5.74, 6) is 0. The molecule has 0 saturated carbocycles. The van der Waals surface area contributed by atoms with Gasteiger partial charge in [-0.15, -0.1) is 0 Å². The van der Waals surface area contributed by atoms with E-state index >= 15 is 0 Å². The van der Waals surface area contributed by atoms with E-state index in [0.717, 1.165) is 39.3 Å². The third kappa shape index (κ3) is 7.42. The second-order valence-electron chi connectivity index (χ2n) is 7.61. The van der Waals surface area contributed by atoms with Crippen molar-refractivity contribution in [3.05, 3.63) is 96.1 Å². The van der Waals surface area contributed by atoms with Gasteiger partial charge in [0, 0.05) is 49.9 Å². The van der Waals surface area contributed by atoms with Gasteiger partial charge in [-0.25, -0.2) is 4.31 Å². The molecular formula is C27H35N3S. The van der Waals surface area contributed by atoms with Gasteiger partial charge >= 0.3 is 0 Å². The lowest BCUT2D eigenvalue weighted by Crippen LogP contribution is -2.45. The fourth-order valence-electron chi connectivity index (χ4n) is 3.77. The highest BCUT2D eigenvalue weighted by Crippen LogP contribution is 2.24. The van der Waals surface area contributed by atoms with Crippen LogP contribution in [0.3, 0.4) is 0 Å². The molecule has 0 aromatic heterocycles. The molecular weight excluding hydrogens is 398 g/mol. The van der Waals surface area contributed by atoms with Gasteiger partial charge < -0.3 is 4.90 Å². The molecule has 1 aliphatic heterocycles. The minimum atomic E-state index is 0.943. The minimum Gasteiger partial charge on any atom is -0.369 e. The molecule has 1 saturated heterocycles. The summed E-state index contributed by atoms with van der Waals surface area (Å²) in [5.41, 5.74) is 4.08. The molecule has 0 bridgehead atoms. The van der Waals surface area contributed by atoms with Crippen LogP contribution in [0.4, 0.5) is 5.69 Å². The van der Waals surface area contributed by atoms with Gasteiger partial charge in [-0.1, -0.05) is 74.5 Å². The molecule has 164 valence electrons. The van der Waals surface area contributed by atoms with Crippen molar-refractivity contribution < 1.29 is 0 Å². The minimum absolute atomic E-state index is 0.943. The fourth-order valence-corrected chi connectivity index (χ4v) is 4.60. The number of hydrogen-bond acceptors (Lipinski definition) is 4. The van der Waals surface area contributed by atoms with Crippen LogP contribution in [0.25, 0.3) is 0 Å². The van der Waals surface area contributed by atoms with Crippen molar-refractivity contribution in [3.63, 3.8) is 0 Å². The largest absolute Gasteiger partial charge is 0.369 e. The maximum Gasteiger partial charge on any atom is 0.0367 e. The van der Waals surface area contributed by atoms with Gasteiger partial charge in [0.25, 0.3) is 0 Å². The van der Waals surface area contributed by atoms with Crippen molar-refractivity contribution in [1.82, 2.24) is 9.21 Å². The van der Waals surface area contributed by atoms with E-state index in [1.54, 1.807) is 11.9 Å². The van der Waals surface area contributed by atoms with Crippen LogP contribution in [-0.2, 0) is 13.1 Å². The first kappa shape index (κ1) is 23.4. The van der Waals surface area contributed by atoms with E-state index in [0.29, 0.717) is 0 Å². The molecule has 3 aromatic rings. The zero-order valence-corrected chi connectivity index (χ0v) is 19.9. The quantitative estimate of drug-likeness (QED) is 0.412. The number of para-hydroxylation sites is 1. The molecule has 3 nitrogen and oxygen atoms in total. The Morgan fingerprint density at radius 3 is 1.90 bits per heavy atom. The molecule has 1 heterocycles. The molecule has 1 aliphatic rings. The van der Waals surface area contributed by atoms with Crippen LogP contribution in [0.15, 0.2) is 89.8 Å². The Kier molecular flexibility index (Phi) is 9.47. The predicted molar refractivity (Wildman–Crippen MR) is 135 cm³/mol. The summed E-state index contributed by atoms with van der Waals surface area (Å²) < 4.78 is 2.28. The van der Waals surface area contributed by atoms with Crippen LogP contribution in [-0.4, -0.2) is 42.4 Å². The third-order valence-electron chi connectivity index (χ3n) is 5.33. The SMILES string of the molecule is CC.CN(Cc1ccccc1)Sc1ccc(CN2CCN(c3ccccc3)CC2)cc1. The van der Waals surface area contributed by atoms with E-state index in [-0.39, 0.29) is 0 Å². The van der Waals surface area contributed by atoms with Crippen molar-refractivity contribution in [2.75, 3.05) is 38.1 Å². The second-order valence-corrected chi connectivity index (χ2v) is 8.88. The van der Waals surface area contributed by atoms with Crippen LogP contribution in [0.5, 0.6) is 0 Å².